The minimum atomic E-state index is 0.378. The van der Waals surface area contributed by atoms with E-state index in [-0.39, 0.29) is 0 Å². The van der Waals surface area contributed by atoms with Crippen molar-refractivity contribution >= 4 is 10.8 Å². The van der Waals surface area contributed by atoms with Gasteiger partial charge in [0, 0.05) is 22.7 Å². The Morgan fingerprint density at radius 3 is 2.38 bits per heavy atom. The molecule has 0 unspecified atom stereocenters. The van der Waals surface area contributed by atoms with Gasteiger partial charge in [0.05, 0.1) is 11.9 Å². The summed E-state index contributed by atoms with van der Waals surface area (Å²) in [5.74, 6) is 0.822. The van der Waals surface area contributed by atoms with Crippen LogP contribution in [0.1, 0.15) is 50.9 Å². The molecule has 2 aromatic rings. The first-order valence-corrected chi connectivity index (χ1v) is 5.71. The molecule has 0 aliphatic heterocycles. The number of fused-ring (bicyclic) bond motifs is 1. The second-order valence-electron chi connectivity index (χ2n) is 4.74. The molecule has 0 atom stereocenters. The van der Waals surface area contributed by atoms with E-state index >= 15 is 0 Å². The van der Waals surface area contributed by atoms with Crippen LogP contribution in [0.3, 0.4) is 0 Å². The lowest BCUT2D eigenvalue weighted by atomic mass is 10.0. The van der Waals surface area contributed by atoms with Crippen LogP contribution < -0.4 is 0 Å². The highest BCUT2D eigenvalue weighted by Gasteiger charge is 2.09. The summed E-state index contributed by atoms with van der Waals surface area (Å²) < 4.78 is 0. The number of pyridine rings is 1. The monoisotopic (exact) mass is 215 g/mol. The van der Waals surface area contributed by atoms with Gasteiger partial charge in [0.2, 0.25) is 0 Å². The second kappa shape index (κ2) is 4.16. The average Bonchev–Trinajstić information content (AvgIpc) is 2.27. The highest BCUT2D eigenvalue weighted by atomic mass is 15.1. The molecule has 3 heteroatoms. The highest BCUT2D eigenvalue weighted by Crippen LogP contribution is 2.23. The van der Waals surface area contributed by atoms with E-state index in [0.717, 1.165) is 22.2 Å². The quantitative estimate of drug-likeness (QED) is 0.771. The van der Waals surface area contributed by atoms with Crippen molar-refractivity contribution in [3.05, 3.63) is 29.8 Å². The van der Waals surface area contributed by atoms with Crippen LogP contribution in [0.15, 0.2) is 18.5 Å². The van der Waals surface area contributed by atoms with Crippen LogP contribution in [0, 0.1) is 0 Å². The Bertz CT molecular complexity index is 504. The van der Waals surface area contributed by atoms with Crippen molar-refractivity contribution < 1.29 is 0 Å². The molecule has 2 rings (SSSR count). The van der Waals surface area contributed by atoms with Gasteiger partial charge in [-0.3, -0.25) is 4.98 Å². The lowest BCUT2D eigenvalue weighted by Gasteiger charge is -2.09. The van der Waals surface area contributed by atoms with Crippen molar-refractivity contribution in [3.8, 4) is 0 Å². The van der Waals surface area contributed by atoms with Crippen LogP contribution in [-0.4, -0.2) is 15.2 Å². The smallest absolute Gasteiger partial charge is 0.0750 e. The third-order valence-electron chi connectivity index (χ3n) is 2.73. The Balaban J connectivity index is 2.64. The zero-order valence-electron chi connectivity index (χ0n) is 10.2. The molecule has 2 aromatic heterocycles. The van der Waals surface area contributed by atoms with E-state index < -0.39 is 0 Å². The Morgan fingerprint density at radius 2 is 1.75 bits per heavy atom. The molecule has 0 saturated heterocycles. The predicted octanol–water partition coefficient (Wildman–Crippen LogP) is 3.27. The third kappa shape index (κ3) is 1.90. The molecule has 0 aliphatic rings. The molecule has 84 valence electrons. The number of hydrogen-bond donors (Lipinski definition) is 0. The fourth-order valence-electron chi connectivity index (χ4n) is 1.76. The van der Waals surface area contributed by atoms with Gasteiger partial charge in [-0.1, -0.05) is 27.7 Å². The second-order valence-corrected chi connectivity index (χ2v) is 4.74. The lowest BCUT2D eigenvalue weighted by Crippen LogP contribution is -1.99. The van der Waals surface area contributed by atoms with Gasteiger partial charge in [-0.15, -0.1) is 0 Å². The van der Waals surface area contributed by atoms with Gasteiger partial charge in [0.15, 0.2) is 0 Å². The highest BCUT2D eigenvalue weighted by molar-refractivity contribution is 5.83. The molecule has 0 aromatic carbocycles. The Morgan fingerprint density at radius 1 is 1.00 bits per heavy atom. The zero-order chi connectivity index (χ0) is 11.7. The van der Waals surface area contributed by atoms with Gasteiger partial charge in [-0.25, -0.2) is 0 Å². The zero-order valence-corrected chi connectivity index (χ0v) is 10.2. The molecular formula is C13H17N3. The Labute approximate surface area is 95.9 Å². The van der Waals surface area contributed by atoms with Crippen LogP contribution in [0.25, 0.3) is 10.8 Å². The van der Waals surface area contributed by atoms with E-state index in [9.17, 15) is 0 Å². The number of aromatic nitrogens is 3. The molecule has 0 bridgehead atoms. The maximum absolute atomic E-state index is 4.48. The van der Waals surface area contributed by atoms with E-state index in [4.69, 9.17) is 0 Å². The fourth-order valence-corrected chi connectivity index (χ4v) is 1.76. The first-order chi connectivity index (χ1) is 7.59. The molecule has 0 saturated carbocycles. The van der Waals surface area contributed by atoms with Crippen molar-refractivity contribution in [3.63, 3.8) is 0 Å². The summed E-state index contributed by atoms with van der Waals surface area (Å²) in [5, 5.41) is 10.5. The van der Waals surface area contributed by atoms with Gasteiger partial charge in [-0.05, 0) is 17.9 Å². The average molecular weight is 215 g/mol. The molecule has 0 fully saturated rings. The molecule has 0 spiro atoms. The molecular weight excluding hydrogens is 198 g/mol. The van der Waals surface area contributed by atoms with Crippen molar-refractivity contribution in [2.75, 3.05) is 0 Å². The van der Waals surface area contributed by atoms with Crippen LogP contribution in [0.2, 0.25) is 0 Å². The summed E-state index contributed by atoms with van der Waals surface area (Å²) in [5.41, 5.74) is 2.13. The van der Waals surface area contributed by atoms with E-state index in [0.29, 0.717) is 11.8 Å². The van der Waals surface area contributed by atoms with E-state index in [1.165, 1.54) is 0 Å². The number of rotatable bonds is 2. The van der Waals surface area contributed by atoms with Gasteiger partial charge in [0.25, 0.3) is 0 Å². The molecule has 0 N–H and O–H groups in total. The first kappa shape index (κ1) is 11.0. The summed E-state index contributed by atoms with van der Waals surface area (Å²) in [7, 11) is 0. The molecule has 0 aliphatic carbocycles. The van der Waals surface area contributed by atoms with Crippen molar-refractivity contribution in [1.29, 1.82) is 0 Å². The SMILES string of the molecule is CC(C)c1cc2cnnc(C(C)C)c2cn1. The van der Waals surface area contributed by atoms with Gasteiger partial charge >= 0.3 is 0 Å². The van der Waals surface area contributed by atoms with E-state index in [1.54, 1.807) is 0 Å². The van der Waals surface area contributed by atoms with Crippen LogP contribution in [0.4, 0.5) is 0 Å². The number of hydrogen-bond acceptors (Lipinski definition) is 3. The summed E-state index contributed by atoms with van der Waals surface area (Å²) in [6.45, 7) is 8.54. The van der Waals surface area contributed by atoms with Crippen LogP contribution >= 0.6 is 0 Å². The molecule has 0 amide bonds. The minimum Gasteiger partial charge on any atom is -0.260 e. The maximum atomic E-state index is 4.48. The number of nitrogens with zero attached hydrogens (tertiary/aromatic N) is 3. The lowest BCUT2D eigenvalue weighted by molar-refractivity contribution is 0.794. The first-order valence-electron chi connectivity index (χ1n) is 5.71. The summed E-state index contributed by atoms with van der Waals surface area (Å²) in [6.07, 6.45) is 3.74. The van der Waals surface area contributed by atoms with Gasteiger partial charge in [-0.2, -0.15) is 10.2 Å². The van der Waals surface area contributed by atoms with Crippen molar-refractivity contribution in [1.82, 2.24) is 15.2 Å². The molecule has 3 nitrogen and oxygen atoms in total. The van der Waals surface area contributed by atoms with E-state index in [1.807, 2.05) is 12.4 Å². The van der Waals surface area contributed by atoms with Crippen LogP contribution in [-0.2, 0) is 0 Å². The Hall–Kier alpha value is -1.51. The molecule has 16 heavy (non-hydrogen) atoms. The summed E-state index contributed by atoms with van der Waals surface area (Å²) in [6, 6.07) is 2.11. The predicted molar refractivity (Wildman–Crippen MR) is 65.5 cm³/mol. The maximum Gasteiger partial charge on any atom is 0.0750 e. The largest absolute Gasteiger partial charge is 0.260 e. The third-order valence-corrected chi connectivity index (χ3v) is 2.73. The normalized spacial score (nSPS) is 11.6. The van der Waals surface area contributed by atoms with Gasteiger partial charge in [0.1, 0.15) is 0 Å². The summed E-state index contributed by atoms with van der Waals surface area (Å²) >= 11 is 0. The van der Waals surface area contributed by atoms with Crippen molar-refractivity contribution in [2.45, 2.75) is 39.5 Å². The molecule has 0 radical (unpaired) electrons. The fraction of sp³-hybridized carbons (Fsp3) is 0.462. The van der Waals surface area contributed by atoms with Crippen molar-refractivity contribution in [2.24, 2.45) is 0 Å². The van der Waals surface area contributed by atoms with Crippen LogP contribution in [0.5, 0.6) is 0 Å². The topological polar surface area (TPSA) is 38.7 Å². The standard InChI is InChI=1S/C13H17N3/c1-8(2)12-5-10-6-15-16-13(9(3)4)11(10)7-14-12/h5-9H,1-4H3. The van der Waals surface area contributed by atoms with Gasteiger partial charge < -0.3 is 0 Å². The Kier molecular flexibility index (Phi) is 2.86. The summed E-state index contributed by atoms with van der Waals surface area (Å²) in [4.78, 5) is 4.48. The van der Waals surface area contributed by atoms with E-state index in [2.05, 4.69) is 48.9 Å². The minimum absolute atomic E-state index is 0.378. The molecule has 2 heterocycles.